The van der Waals surface area contributed by atoms with Crippen LogP contribution < -0.4 is 10.6 Å². The fourth-order valence-electron chi connectivity index (χ4n) is 6.47. The number of amides is 3. The van der Waals surface area contributed by atoms with Crippen molar-refractivity contribution in [3.05, 3.63) is 71.8 Å². The Kier molecular flexibility index (Phi) is 7.58. The van der Waals surface area contributed by atoms with E-state index in [1.165, 1.54) is 0 Å². The summed E-state index contributed by atoms with van der Waals surface area (Å²) in [6, 6.07) is 18.1. The van der Waals surface area contributed by atoms with Gasteiger partial charge in [0, 0.05) is 18.3 Å². The van der Waals surface area contributed by atoms with Gasteiger partial charge in [0.05, 0.1) is 29.2 Å². The van der Waals surface area contributed by atoms with Gasteiger partial charge in [-0.1, -0.05) is 67.6 Å². The molecule has 3 N–H and O–H groups in total. The van der Waals surface area contributed by atoms with Gasteiger partial charge < -0.3 is 20.6 Å². The molecule has 3 aliphatic heterocycles. The second-order valence-electron chi connectivity index (χ2n) is 10.3. The number of aliphatic hydroxyl groups excluding tert-OH is 1. The molecule has 0 aromatic heterocycles. The zero-order chi connectivity index (χ0) is 26.0. The lowest BCUT2D eigenvalue weighted by Crippen LogP contribution is -2.56. The molecule has 0 aliphatic carbocycles. The van der Waals surface area contributed by atoms with Crippen molar-refractivity contribution in [3.63, 3.8) is 0 Å². The Balaban J connectivity index is 1.48. The quantitative estimate of drug-likeness (QED) is 0.446. The molecular weight excluding hydrogens is 486 g/mol. The second-order valence-corrected chi connectivity index (χ2v) is 11.9. The van der Waals surface area contributed by atoms with Gasteiger partial charge in [0.2, 0.25) is 17.7 Å². The van der Waals surface area contributed by atoms with Gasteiger partial charge in [-0.25, -0.2) is 0 Å². The number of benzene rings is 2. The van der Waals surface area contributed by atoms with Crippen molar-refractivity contribution in [1.82, 2.24) is 15.5 Å². The van der Waals surface area contributed by atoms with E-state index in [-0.39, 0.29) is 29.6 Å². The molecule has 8 heteroatoms. The third-order valence-corrected chi connectivity index (χ3v) is 10.0. The van der Waals surface area contributed by atoms with Crippen molar-refractivity contribution >= 4 is 29.5 Å². The van der Waals surface area contributed by atoms with Crippen LogP contribution >= 0.6 is 11.8 Å². The largest absolute Gasteiger partial charge is 0.394 e. The number of carbonyl (C=O) groups excluding carboxylic acids is 3. The van der Waals surface area contributed by atoms with Crippen molar-refractivity contribution in [3.8, 4) is 0 Å². The summed E-state index contributed by atoms with van der Waals surface area (Å²) >= 11 is 1.65. The van der Waals surface area contributed by atoms with E-state index in [0.717, 1.165) is 24.0 Å². The van der Waals surface area contributed by atoms with Gasteiger partial charge in [0.25, 0.3) is 0 Å². The highest BCUT2D eigenvalue weighted by Gasteiger charge is 2.74. The summed E-state index contributed by atoms with van der Waals surface area (Å²) < 4.78 is -0.666. The smallest absolute Gasteiger partial charge is 0.244 e. The van der Waals surface area contributed by atoms with Crippen LogP contribution in [0.25, 0.3) is 0 Å². The van der Waals surface area contributed by atoms with E-state index in [1.54, 1.807) is 16.7 Å². The normalized spacial score (nSPS) is 28.7. The lowest BCUT2D eigenvalue weighted by atomic mass is 9.70. The molecule has 2 aromatic rings. The van der Waals surface area contributed by atoms with Gasteiger partial charge in [-0.2, -0.15) is 0 Å². The Labute approximate surface area is 222 Å². The minimum absolute atomic E-state index is 0.0269. The van der Waals surface area contributed by atoms with Crippen LogP contribution in [0.4, 0.5) is 0 Å². The predicted molar refractivity (Wildman–Crippen MR) is 144 cm³/mol. The van der Waals surface area contributed by atoms with Crippen LogP contribution in [0.15, 0.2) is 60.7 Å². The average molecular weight is 522 g/mol. The van der Waals surface area contributed by atoms with Crippen LogP contribution in [-0.4, -0.2) is 63.0 Å². The van der Waals surface area contributed by atoms with E-state index in [0.29, 0.717) is 25.9 Å². The number of rotatable bonds is 10. The Morgan fingerprint density at radius 2 is 1.73 bits per heavy atom. The fraction of sp³-hybridized carbons (Fsp3) is 0.483. The molecule has 6 atom stereocenters. The second kappa shape index (κ2) is 10.9. The first-order chi connectivity index (χ1) is 18.0. The summed E-state index contributed by atoms with van der Waals surface area (Å²) in [5.41, 5.74) is 1.96. The molecule has 0 radical (unpaired) electrons. The molecule has 3 aliphatic rings. The molecule has 5 rings (SSSR count). The molecule has 1 spiro atoms. The summed E-state index contributed by atoms with van der Waals surface area (Å²) in [5, 5.41) is 16.6. The van der Waals surface area contributed by atoms with E-state index < -0.39 is 28.7 Å². The highest BCUT2D eigenvalue weighted by Crippen LogP contribution is 2.66. The zero-order valence-electron chi connectivity index (χ0n) is 21.1. The fourth-order valence-corrected chi connectivity index (χ4v) is 8.67. The standard InChI is InChI=1S/C29H35N3O4S/c1-2-15-30-26(34)23-22-13-14-29(37-22)24(23)28(36)32(21(18-33)16-19-9-5-3-6-10-19)25(29)27(35)31-17-20-11-7-4-8-12-20/h3-12,21-25,33H,2,13-18H2,1H3,(H,30,34)(H,31,35)/t21-,22-,23+,24+,25?,29?/m1/s1. The highest BCUT2D eigenvalue weighted by atomic mass is 32.2. The van der Waals surface area contributed by atoms with Gasteiger partial charge in [-0.05, 0) is 36.8 Å². The van der Waals surface area contributed by atoms with Crippen LogP contribution in [0, 0.1) is 11.8 Å². The Bertz CT molecular complexity index is 1130. The minimum atomic E-state index is -0.742. The number of hydrogen-bond donors (Lipinski definition) is 3. The summed E-state index contributed by atoms with van der Waals surface area (Å²) in [6.07, 6.45) is 2.77. The maximum absolute atomic E-state index is 14.2. The van der Waals surface area contributed by atoms with Crippen molar-refractivity contribution in [2.45, 2.75) is 61.2 Å². The topological polar surface area (TPSA) is 98.7 Å². The number of likely N-dealkylation sites (tertiary alicyclic amines) is 1. The average Bonchev–Trinajstić information content (AvgIpc) is 3.57. The van der Waals surface area contributed by atoms with Crippen LogP contribution in [0.2, 0.25) is 0 Å². The van der Waals surface area contributed by atoms with Crippen LogP contribution in [0.5, 0.6) is 0 Å². The first-order valence-electron chi connectivity index (χ1n) is 13.2. The third kappa shape index (κ3) is 4.66. The van der Waals surface area contributed by atoms with E-state index in [4.69, 9.17) is 0 Å². The third-order valence-electron chi connectivity index (χ3n) is 8.07. The molecule has 3 amide bonds. The van der Waals surface area contributed by atoms with Crippen LogP contribution in [0.3, 0.4) is 0 Å². The molecule has 3 saturated heterocycles. The molecule has 7 nitrogen and oxygen atoms in total. The van der Waals surface area contributed by atoms with Crippen molar-refractivity contribution in [2.75, 3.05) is 13.2 Å². The van der Waals surface area contributed by atoms with E-state index in [2.05, 4.69) is 10.6 Å². The number of carbonyl (C=O) groups is 3. The van der Waals surface area contributed by atoms with E-state index >= 15 is 0 Å². The van der Waals surface area contributed by atoms with E-state index in [9.17, 15) is 19.5 Å². The molecule has 2 unspecified atom stereocenters. The predicted octanol–water partition coefficient (Wildman–Crippen LogP) is 2.52. The molecule has 3 fully saturated rings. The molecule has 37 heavy (non-hydrogen) atoms. The zero-order valence-corrected chi connectivity index (χ0v) is 22.0. The molecule has 0 saturated carbocycles. The number of nitrogens with zero attached hydrogens (tertiary/aromatic N) is 1. The lowest BCUT2D eigenvalue weighted by molar-refractivity contribution is -0.142. The van der Waals surface area contributed by atoms with Gasteiger partial charge in [-0.15, -0.1) is 11.8 Å². The number of fused-ring (bicyclic) bond motifs is 1. The van der Waals surface area contributed by atoms with Crippen LogP contribution in [-0.2, 0) is 27.3 Å². The Morgan fingerprint density at radius 3 is 2.38 bits per heavy atom. The first-order valence-corrected chi connectivity index (χ1v) is 14.1. The molecular formula is C29H35N3O4S. The van der Waals surface area contributed by atoms with Gasteiger partial charge in [0.15, 0.2) is 0 Å². The number of aliphatic hydroxyl groups is 1. The molecule has 196 valence electrons. The summed E-state index contributed by atoms with van der Waals surface area (Å²) in [7, 11) is 0. The minimum Gasteiger partial charge on any atom is -0.394 e. The van der Waals surface area contributed by atoms with Crippen molar-refractivity contribution in [2.24, 2.45) is 11.8 Å². The SMILES string of the molecule is CCCNC(=O)[C@@H]1[C@H]2C(=O)N([C@@H](CO)Cc3ccccc3)C(C(=O)NCc3ccccc3)C23CC[C@H]1S3. The first kappa shape index (κ1) is 25.8. The van der Waals surface area contributed by atoms with Gasteiger partial charge in [0.1, 0.15) is 6.04 Å². The van der Waals surface area contributed by atoms with E-state index in [1.807, 2.05) is 67.6 Å². The summed E-state index contributed by atoms with van der Waals surface area (Å²) in [4.78, 5) is 43.0. The highest BCUT2D eigenvalue weighted by molar-refractivity contribution is 8.02. The number of nitrogens with one attached hydrogen (secondary N) is 2. The number of hydrogen-bond acceptors (Lipinski definition) is 5. The van der Waals surface area contributed by atoms with Gasteiger partial charge >= 0.3 is 0 Å². The summed E-state index contributed by atoms with van der Waals surface area (Å²) in [5.74, 6) is -1.50. The van der Waals surface area contributed by atoms with Crippen molar-refractivity contribution < 1.29 is 19.5 Å². The molecule has 2 aromatic carbocycles. The van der Waals surface area contributed by atoms with Crippen molar-refractivity contribution in [1.29, 1.82) is 0 Å². The summed E-state index contributed by atoms with van der Waals surface area (Å²) in [6.45, 7) is 2.67. The molecule has 2 bridgehead atoms. The Hall–Kier alpha value is -2.84. The molecule has 3 heterocycles. The maximum Gasteiger partial charge on any atom is 0.244 e. The lowest BCUT2D eigenvalue weighted by Gasteiger charge is -2.37. The monoisotopic (exact) mass is 521 g/mol. The number of thioether (sulfide) groups is 1. The Morgan fingerprint density at radius 1 is 1.05 bits per heavy atom. The maximum atomic E-state index is 14.2. The van der Waals surface area contributed by atoms with Gasteiger partial charge in [-0.3, -0.25) is 14.4 Å². The van der Waals surface area contributed by atoms with Crippen LogP contribution in [0.1, 0.15) is 37.3 Å².